The minimum atomic E-state index is -2.48. The molecule has 5 heteroatoms. The van der Waals surface area contributed by atoms with Gasteiger partial charge in [-0.15, -0.1) is 0 Å². The van der Waals surface area contributed by atoms with Gasteiger partial charge in [-0.2, -0.15) is 0 Å². The van der Waals surface area contributed by atoms with Gasteiger partial charge in [-0.3, -0.25) is 0 Å². The van der Waals surface area contributed by atoms with Crippen LogP contribution in [0.3, 0.4) is 0 Å². The molecule has 1 aliphatic heterocycles. The van der Waals surface area contributed by atoms with Crippen LogP contribution in [0.5, 0.6) is 0 Å². The van der Waals surface area contributed by atoms with Gasteiger partial charge in [0, 0.05) is 19.8 Å². The molecule has 0 aromatic heterocycles. The number of hydrogen-bond donors (Lipinski definition) is 0. The van der Waals surface area contributed by atoms with Crippen molar-refractivity contribution in [2.45, 2.75) is 26.5 Å². The Morgan fingerprint density at radius 3 is 1.69 bits per heavy atom. The Hall–Kier alpha value is 0.0569. The van der Waals surface area contributed by atoms with Crippen molar-refractivity contribution in [1.82, 2.24) is 0 Å². The molecule has 13 heavy (non-hydrogen) atoms. The van der Waals surface area contributed by atoms with Gasteiger partial charge in [-0.05, 0) is 20.8 Å². The van der Waals surface area contributed by atoms with E-state index in [0.29, 0.717) is 26.4 Å². The van der Waals surface area contributed by atoms with Crippen LogP contribution in [0.1, 0.15) is 20.8 Å². The standard InChI is InChI=1S/C8H18O4Si/c1-4-10-13(11-5-2,12-6-3)8-7-9-8/h8H,4-7H2,1-3H3. The monoisotopic (exact) mass is 206 g/mol. The maximum absolute atomic E-state index is 5.60. The van der Waals surface area contributed by atoms with Crippen LogP contribution in [0.2, 0.25) is 0 Å². The van der Waals surface area contributed by atoms with E-state index in [9.17, 15) is 0 Å². The summed E-state index contributed by atoms with van der Waals surface area (Å²) < 4.78 is 22.0. The predicted molar refractivity (Wildman–Crippen MR) is 50.4 cm³/mol. The summed E-state index contributed by atoms with van der Waals surface area (Å²) >= 11 is 0. The van der Waals surface area contributed by atoms with Gasteiger partial charge in [0.25, 0.3) is 0 Å². The lowest BCUT2D eigenvalue weighted by atomic mass is 10.9. The second-order valence-corrected chi connectivity index (χ2v) is 5.44. The van der Waals surface area contributed by atoms with Gasteiger partial charge >= 0.3 is 8.80 Å². The quantitative estimate of drug-likeness (QED) is 0.460. The van der Waals surface area contributed by atoms with Gasteiger partial charge in [-0.1, -0.05) is 0 Å². The van der Waals surface area contributed by atoms with E-state index < -0.39 is 8.80 Å². The molecule has 1 rings (SSSR count). The number of hydrogen-bond acceptors (Lipinski definition) is 4. The Kier molecular flexibility index (Phi) is 4.34. The summed E-state index contributed by atoms with van der Waals surface area (Å²) in [5.41, 5.74) is 0.0762. The first kappa shape index (κ1) is 11.1. The highest BCUT2D eigenvalue weighted by Crippen LogP contribution is 2.26. The first-order valence-electron chi connectivity index (χ1n) is 4.82. The lowest BCUT2D eigenvalue weighted by Crippen LogP contribution is -2.51. The van der Waals surface area contributed by atoms with Crippen LogP contribution in [-0.2, 0) is 18.0 Å². The molecule has 0 amide bonds. The lowest BCUT2D eigenvalue weighted by Gasteiger charge is -2.26. The van der Waals surface area contributed by atoms with Crippen molar-refractivity contribution in [2.24, 2.45) is 0 Å². The van der Waals surface area contributed by atoms with E-state index in [-0.39, 0.29) is 5.73 Å². The molecule has 0 bridgehead atoms. The van der Waals surface area contributed by atoms with Crippen LogP contribution in [0.4, 0.5) is 0 Å². The normalized spacial score (nSPS) is 21.9. The van der Waals surface area contributed by atoms with Gasteiger partial charge in [0.15, 0.2) is 5.73 Å². The summed E-state index contributed by atoms with van der Waals surface area (Å²) in [6.07, 6.45) is 0. The Labute approximate surface area is 80.5 Å². The van der Waals surface area contributed by atoms with E-state index in [1.165, 1.54) is 0 Å². The first-order chi connectivity index (χ1) is 6.29. The minimum Gasteiger partial charge on any atom is -0.372 e. The van der Waals surface area contributed by atoms with E-state index in [1.54, 1.807) is 0 Å². The fraction of sp³-hybridized carbons (Fsp3) is 1.00. The number of rotatable bonds is 7. The number of ether oxygens (including phenoxy) is 1. The third-order valence-corrected chi connectivity index (χ3v) is 4.96. The Balaban J connectivity index is 2.54. The maximum Gasteiger partial charge on any atom is 0.533 e. The minimum absolute atomic E-state index is 0.0762. The molecule has 0 radical (unpaired) electrons. The molecule has 0 aromatic rings. The molecular weight excluding hydrogens is 188 g/mol. The molecule has 0 aliphatic carbocycles. The van der Waals surface area contributed by atoms with E-state index >= 15 is 0 Å². The van der Waals surface area contributed by atoms with E-state index in [1.807, 2.05) is 20.8 Å². The predicted octanol–water partition coefficient (Wildman–Crippen LogP) is 0.973. The van der Waals surface area contributed by atoms with Crippen molar-refractivity contribution in [1.29, 1.82) is 0 Å². The van der Waals surface area contributed by atoms with Crippen molar-refractivity contribution in [2.75, 3.05) is 26.4 Å². The van der Waals surface area contributed by atoms with E-state index in [2.05, 4.69) is 0 Å². The zero-order chi connectivity index (χ0) is 9.73. The average Bonchev–Trinajstić information content (AvgIpc) is 2.87. The van der Waals surface area contributed by atoms with Crippen molar-refractivity contribution in [3.63, 3.8) is 0 Å². The summed E-state index contributed by atoms with van der Waals surface area (Å²) in [6, 6.07) is 0. The molecule has 1 saturated heterocycles. The highest BCUT2D eigenvalue weighted by atomic mass is 28.4. The van der Waals surface area contributed by atoms with Gasteiger partial charge in [0.05, 0.1) is 6.61 Å². The molecule has 0 aromatic carbocycles. The smallest absolute Gasteiger partial charge is 0.372 e. The molecule has 1 aliphatic rings. The zero-order valence-corrected chi connectivity index (χ0v) is 9.54. The summed E-state index contributed by atoms with van der Waals surface area (Å²) in [5, 5.41) is 0. The number of epoxide rings is 1. The van der Waals surface area contributed by atoms with Crippen LogP contribution in [0.15, 0.2) is 0 Å². The third kappa shape index (κ3) is 2.75. The topological polar surface area (TPSA) is 40.2 Å². The van der Waals surface area contributed by atoms with E-state index in [4.69, 9.17) is 18.0 Å². The fourth-order valence-electron chi connectivity index (χ4n) is 1.26. The molecule has 0 N–H and O–H groups in total. The van der Waals surface area contributed by atoms with Gasteiger partial charge in [0.2, 0.25) is 0 Å². The molecule has 1 unspecified atom stereocenters. The summed E-state index contributed by atoms with van der Waals surface area (Å²) in [6.45, 7) is 8.41. The van der Waals surface area contributed by atoms with Crippen LogP contribution in [-0.4, -0.2) is 41.0 Å². The van der Waals surface area contributed by atoms with Crippen LogP contribution in [0, 0.1) is 0 Å². The largest absolute Gasteiger partial charge is 0.533 e. The molecule has 1 atom stereocenters. The molecule has 78 valence electrons. The summed E-state index contributed by atoms with van der Waals surface area (Å²) in [7, 11) is -2.48. The van der Waals surface area contributed by atoms with Crippen LogP contribution < -0.4 is 0 Å². The SMILES string of the molecule is CCO[Si](OCC)(OCC)C1CO1. The van der Waals surface area contributed by atoms with Crippen molar-refractivity contribution in [3.05, 3.63) is 0 Å². The van der Waals surface area contributed by atoms with Gasteiger partial charge in [0.1, 0.15) is 0 Å². The van der Waals surface area contributed by atoms with Crippen molar-refractivity contribution >= 4 is 8.80 Å². The maximum atomic E-state index is 5.60. The van der Waals surface area contributed by atoms with Gasteiger partial charge < -0.3 is 18.0 Å². The molecule has 1 fully saturated rings. The molecule has 4 nitrogen and oxygen atoms in total. The summed E-state index contributed by atoms with van der Waals surface area (Å²) in [4.78, 5) is 0. The fourth-order valence-corrected chi connectivity index (χ4v) is 3.78. The highest BCUT2D eigenvalue weighted by Gasteiger charge is 2.57. The van der Waals surface area contributed by atoms with Crippen molar-refractivity contribution < 1.29 is 18.0 Å². The third-order valence-electron chi connectivity index (χ3n) is 1.76. The molecule has 0 saturated carbocycles. The highest BCUT2D eigenvalue weighted by molar-refractivity contribution is 6.63. The summed E-state index contributed by atoms with van der Waals surface area (Å²) in [5.74, 6) is 0. The Morgan fingerprint density at radius 2 is 1.46 bits per heavy atom. The molecular formula is C8H18O4Si. The van der Waals surface area contributed by atoms with Crippen LogP contribution in [0.25, 0.3) is 0 Å². The lowest BCUT2D eigenvalue weighted by molar-refractivity contribution is 0.0609. The van der Waals surface area contributed by atoms with Crippen molar-refractivity contribution in [3.8, 4) is 0 Å². The second-order valence-electron chi connectivity index (χ2n) is 2.72. The second kappa shape index (κ2) is 5.07. The molecule has 0 spiro atoms. The Morgan fingerprint density at radius 1 is 1.08 bits per heavy atom. The zero-order valence-electron chi connectivity index (χ0n) is 8.54. The van der Waals surface area contributed by atoms with E-state index in [0.717, 1.165) is 0 Å². The van der Waals surface area contributed by atoms with Gasteiger partial charge in [-0.25, -0.2) is 0 Å². The first-order valence-corrected chi connectivity index (χ1v) is 6.62. The Bertz CT molecular complexity index is 132. The molecule has 1 heterocycles. The average molecular weight is 206 g/mol. The van der Waals surface area contributed by atoms with Crippen LogP contribution >= 0.6 is 0 Å².